The molecule has 0 saturated carbocycles. The molecule has 2 aromatic rings. The summed E-state index contributed by atoms with van der Waals surface area (Å²) in [6.45, 7) is 0.188. The first-order chi connectivity index (χ1) is 15.8. The normalized spacial score (nSPS) is 22.2. The second-order valence-corrected chi connectivity index (χ2v) is 8.50. The smallest absolute Gasteiger partial charge is 0.323 e. The van der Waals surface area contributed by atoms with Crippen LogP contribution in [-0.4, -0.2) is 59.8 Å². The molecular formula is C23H24ClN3O6. The molecule has 0 bridgehead atoms. The largest absolute Gasteiger partial charge is 0.490 e. The van der Waals surface area contributed by atoms with Crippen molar-refractivity contribution in [3.8, 4) is 5.75 Å². The van der Waals surface area contributed by atoms with E-state index in [0.717, 1.165) is 0 Å². The number of carbonyl (C=O) groups is 3. The number of aliphatic carboxylic acids is 1. The lowest BCUT2D eigenvalue weighted by molar-refractivity contribution is -0.148. The number of hydrogen-bond donors (Lipinski definition) is 3. The van der Waals surface area contributed by atoms with Gasteiger partial charge < -0.3 is 30.1 Å². The summed E-state index contributed by atoms with van der Waals surface area (Å²) in [6.07, 6.45) is 0.252. The zero-order valence-corrected chi connectivity index (χ0v) is 18.7. The molecule has 0 radical (unpaired) electrons. The van der Waals surface area contributed by atoms with Gasteiger partial charge in [-0.05, 0) is 49.2 Å². The van der Waals surface area contributed by atoms with Crippen LogP contribution in [0.15, 0.2) is 42.5 Å². The first-order valence-corrected chi connectivity index (χ1v) is 10.9. The molecule has 1 fully saturated rings. The van der Waals surface area contributed by atoms with Crippen LogP contribution in [0.4, 0.5) is 16.2 Å². The van der Waals surface area contributed by atoms with Gasteiger partial charge >= 0.3 is 12.0 Å². The maximum Gasteiger partial charge on any atom is 0.323 e. The predicted octanol–water partition coefficient (Wildman–Crippen LogP) is 3.84. The van der Waals surface area contributed by atoms with Gasteiger partial charge in [-0.25, -0.2) is 4.79 Å². The van der Waals surface area contributed by atoms with Crippen molar-refractivity contribution in [3.63, 3.8) is 0 Å². The van der Waals surface area contributed by atoms with Gasteiger partial charge in [0, 0.05) is 23.4 Å². The number of halogens is 1. The van der Waals surface area contributed by atoms with Gasteiger partial charge in [-0.2, -0.15) is 0 Å². The van der Waals surface area contributed by atoms with Crippen LogP contribution in [0.2, 0.25) is 5.02 Å². The number of benzene rings is 2. The summed E-state index contributed by atoms with van der Waals surface area (Å²) in [7, 11) is 1.70. The monoisotopic (exact) mass is 473 g/mol. The first kappa shape index (κ1) is 22.9. The molecule has 10 heteroatoms. The Morgan fingerprint density at radius 2 is 1.91 bits per heavy atom. The molecule has 1 saturated heterocycles. The van der Waals surface area contributed by atoms with E-state index in [1.54, 1.807) is 54.4 Å². The molecule has 0 aliphatic carbocycles. The minimum absolute atomic E-state index is 0.0796. The van der Waals surface area contributed by atoms with Crippen molar-refractivity contribution in [2.24, 2.45) is 0 Å². The van der Waals surface area contributed by atoms with E-state index in [1.807, 2.05) is 0 Å². The number of carboxylic acid groups (broad SMARTS) is 1. The molecule has 3 amide bonds. The van der Waals surface area contributed by atoms with Crippen molar-refractivity contribution in [1.29, 1.82) is 0 Å². The Kier molecular flexibility index (Phi) is 6.71. The predicted molar refractivity (Wildman–Crippen MR) is 122 cm³/mol. The van der Waals surface area contributed by atoms with Gasteiger partial charge in [-0.3, -0.25) is 9.59 Å². The highest BCUT2D eigenvalue weighted by Crippen LogP contribution is 2.32. The van der Waals surface area contributed by atoms with E-state index in [-0.39, 0.29) is 25.0 Å². The number of fused-ring (bicyclic) bond motifs is 2. The van der Waals surface area contributed by atoms with E-state index < -0.39 is 24.2 Å². The van der Waals surface area contributed by atoms with Crippen LogP contribution in [0.1, 0.15) is 29.6 Å². The molecule has 4 rings (SSSR count). The Morgan fingerprint density at radius 3 is 2.64 bits per heavy atom. The van der Waals surface area contributed by atoms with Crippen molar-refractivity contribution >= 4 is 40.9 Å². The minimum Gasteiger partial charge on any atom is -0.490 e. The standard InChI is InChI=1S/C23H24ClN3O6/c1-27-18-7-6-16(11-21(28)29)33-20(18)12-32-19-8-5-15(10-17(19)22(27)30)26-23(31)25-14-4-2-3-13(24)9-14/h2-5,8-10,16,18,20H,6-7,11-12H2,1H3,(H,28,29)(H2,25,26,31)/t16-,18-,20-/m1/s1. The van der Waals surface area contributed by atoms with Gasteiger partial charge in [-0.1, -0.05) is 17.7 Å². The van der Waals surface area contributed by atoms with E-state index in [4.69, 9.17) is 26.2 Å². The Morgan fingerprint density at radius 1 is 1.15 bits per heavy atom. The molecule has 0 spiro atoms. The van der Waals surface area contributed by atoms with E-state index in [1.165, 1.54) is 0 Å². The molecule has 0 unspecified atom stereocenters. The van der Waals surface area contributed by atoms with Crippen LogP contribution in [0.25, 0.3) is 0 Å². The van der Waals surface area contributed by atoms with Crippen LogP contribution >= 0.6 is 11.6 Å². The average molecular weight is 474 g/mol. The second kappa shape index (κ2) is 9.68. The Bertz CT molecular complexity index is 1080. The van der Waals surface area contributed by atoms with Crippen LogP contribution < -0.4 is 15.4 Å². The third-order valence-corrected chi connectivity index (χ3v) is 5.99. The third-order valence-electron chi connectivity index (χ3n) is 5.75. The van der Waals surface area contributed by atoms with E-state index in [2.05, 4.69) is 10.6 Å². The molecule has 3 atom stereocenters. The molecule has 0 aromatic heterocycles. The zero-order chi connectivity index (χ0) is 23.5. The number of carbonyl (C=O) groups excluding carboxylic acids is 2. The summed E-state index contributed by atoms with van der Waals surface area (Å²) in [5, 5.41) is 15.0. The summed E-state index contributed by atoms with van der Waals surface area (Å²) >= 11 is 5.94. The minimum atomic E-state index is -0.917. The first-order valence-electron chi connectivity index (χ1n) is 10.5. The molecule has 3 N–H and O–H groups in total. The Labute approximate surface area is 195 Å². The lowest BCUT2D eigenvalue weighted by atomic mass is 9.94. The lowest BCUT2D eigenvalue weighted by Crippen LogP contribution is -2.53. The number of anilines is 2. The van der Waals surface area contributed by atoms with Crippen molar-refractivity contribution in [3.05, 3.63) is 53.1 Å². The summed E-state index contributed by atoms with van der Waals surface area (Å²) in [4.78, 5) is 38.2. The summed E-state index contributed by atoms with van der Waals surface area (Å²) in [6, 6.07) is 10.9. The van der Waals surface area contributed by atoms with Crippen molar-refractivity contribution in [2.75, 3.05) is 24.3 Å². The maximum atomic E-state index is 13.2. The summed E-state index contributed by atoms with van der Waals surface area (Å²) < 4.78 is 11.8. The lowest BCUT2D eigenvalue weighted by Gasteiger charge is -2.42. The highest BCUT2D eigenvalue weighted by Gasteiger charge is 2.39. The molecule has 33 heavy (non-hydrogen) atoms. The fourth-order valence-electron chi connectivity index (χ4n) is 4.16. The van der Waals surface area contributed by atoms with Crippen molar-refractivity contribution < 1.29 is 29.0 Å². The number of rotatable bonds is 4. The Hall–Kier alpha value is -3.30. The number of ether oxygens (including phenoxy) is 2. The van der Waals surface area contributed by atoms with E-state index in [9.17, 15) is 14.4 Å². The van der Waals surface area contributed by atoms with Gasteiger partial charge in [0.05, 0.1) is 24.1 Å². The number of likely N-dealkylation sites (N-methyl/N-ethyl adjacent to an activating group) is 1. The van der Waals surface area contributed by atoms with E-state index >= 15 is 0 Å². The fraction of sp³-hybridized carbons (Fsp3) is 0.348. The number of nitrogens with zero attached hydrogens (tertiary/aromatic N) is 1. The van der Waals surface area contributed by atoms with Crippen LogP contribution in [0, 0.1) is 0 Å². The van der Waals surface area contributed by atoms with Gasteiger partial charge in [-0.15, -0.1) is 0 Å². The van der Waals surface area contributed by atoms with E-state index in [0.29, 0.717) is 40.6 Å². The highest BCUT2D eigenvalue weighted by molar-refractivity contribution is 6.30. The highest BCUT2D eigenvalue weighted by atomic mass is 35.5. The van der Waals surface area contributed by atoms with Crippen LogP contribution in [-0.2, 0) is 9.53 Å². The van der Waals surface area contributed by atoms with Gasteiger partial charge in [0.1, 0.15) is 18.5 Å². The van der Waals surface area contributed by atoms with Gasteiger partial charge in [0.15, 0.2) is 0 Å². The third kappa shape index (κ3) is 5.37. The number of urea groups is 1. The molecule has 2 aromatic carbocycles. The van der Waals surface area contributed by atoms with Gasteiger partial charge in [0.2, 0.25) is 0 Å². The van der Waals surface area contributed by atoms with Crippen LogP contribution in [0.5, 0.6) is 5.75 Å². The molecule has 9 nitrogen and oxygen atoms in total. The number of hydrogen-bond acceptors (Lipinski definition) is 5. The topological polar surface area (TPSA) is 117 Å². The fourth-order valence-corrected chi connectivity index (χ4v) is 4.35. The second-order valence-electron chi connectivity index (χ2n) is 8.07. The quantitative estimate of drug-likeness (QED) is 0.621. The molecule has 2 aliphatic rings. The summed E-state index contributed by atoms with van der Waals surface area (Å²) in [5.74, 6) is -0.812. The Balaban J connectivity index is 1.48. The molecular weight excluding hydrogens is 450 g/mol. The number of amides is 3. The maximum absolute atomic E-state index is 13.2. The molecule has 174 valence electrons. The van der Waals surface area contributed by atoms with Gasteiger partial charge in [0.25, 0.3) is 5.91 Å². The summed E-state index contributed by atoms with van der Waals surface area (Å²) in [5.41, 5.74) is 1.29. The SMILES string of the molecule is CN1C(=O)c2cc(NC(=O)Nc3cccc(Cl)c3)ccc2OC[C@H]2O[C@@H](CC(=O)O)CC[C@H]21. The number of nitrogens with one attached hydrogen (secondary N) is 2. The van der Waals surface area contributed by atoms with Crippen molar-refractivity contribution in [1.82, 2.24) is 4.90 Å². The zero-order valence-electron chi connectivity index (χ0n) is 17.9. The average Bonchev–Trinajstić information content (AvgIpc) is 2.76. The van der Waals surface area contributed by atoms with Crippen LogP contribution in [0.3, 0.4) is 0 Å². The molecule has 2 aliphatic heterocycles. The van der Waals surface area contributed by atoms with Crippen molar-refractivity contribution in [2.45, 2.75) is 37.5 Å². The molecule has 2 heterocycles. The number of carboxylic acids is 1.